The van der Waals surface area contributed by atoms with Crippen molar-refractivity contribution in [1.82, 2.24) is 10.2 Å². The van der Waals surface area contributed by atoms with Crippen LogP contribution >= 0.6 is 0 Å². The number of carbonyl (C=O) groups is 3. The van der Waals surface area contributed by atoms with Crippen LogP contribution < -0.4 is 5.32 Å². The van der Waals surface area contributed by atoms with Gasteiger partial charge in [0.1, 0.15) is 18.2 Å². The molecule has 0 radical (unpaired) electrons. The van der Waals surface area contributed by atoms with Crippen LogP contribution in [-0.2, 0) is 19.1 Å². The molecule has 0 aromatic carbocycles. The van der Waals surface area contributed by atoms with Crippen molar-refractivity contribution in [3.05, 3.63) is 36.5 Å². The first kappa shape index (κ1) is 27.4. The maximum absolute atomic E-state index is 12.7. The number of ether oxygens (including phenoxy) is 2. The van der Waals surface area contributed by atoms with Crippen LogP contribution in [0.4, 0.5) is 4.79 Å². The Bertz CT molecular complexity index is 626. The first-order valence-corrected chi connectivity index (χ1v) is 10.5. The Labute approximate surface area is 181 Å². The number of amides is 2. The van der Waals surface area contributed by atoms with Gasteiger partial charge in [-0.2, -0.15) is 0 Å². The number of carbonyl (C=O) groups excluding carboxylic acids is 3. The topological polar surface area (TPSA) is 84.9 Å². The molecule has 0 aliphatic heterocycles. The normalized spacial score (nSPS) is 12.9. The molecule has 30 heavy (non-hydrogen) atoms. The fourth-order valence-electron chi connectivity index (χ4n) is 2.52. The molecule has 0 unspecified atom stereocenters. The van der Waals surface area contributed by atoms with Gasteiger partial charge in [0.2, 0.25) is 5.91 Å². The fraction of sp³-hybridized carbons (Fsp3) is 0.609. The van der Waals surface area contributed by atoms with Crippen molar-refractivity contribution in [3.8, 4) is 0 Å². The number of rotatable bonds is 12. The molecule has 1 atom stereocenters. The van der Waals surface area contributed by atoms with E-state index in [9.17, 15) is 14.4 Å². The second kappa shape index (κ2) is 14.4. The molecule has 0 bridgehead atoms. The molecule has 0 aromatic rings. The molecule has 0 fully saturated rings. The molecule has 7 heteroatoms. The summed E-state index contributed by atoms with van der Waals surface area (Å²) >= 11 is 0. The summed E-state index contributed by atoms with van der Waals surface area (Å²) in [5.74, 6) is -0.900. The first-order valence-electron chi connectivity index (χ1n) is 10.5. The molecular formula is C23H38N2O5. The van der Waals surface area contributed by atoms with Crippen molar-refractivity contribution in [1.29, 1.82) is 0 Å². The van der Waals surface area contributed by atoms with E-state index >= 15 is 0 Å². The Morgan fingerprint density at radius 2 is 1.73 bits per heavy atom. The van der Waals surface area contributed by atoms with E-state index in [1.165, 1.54) is 0 Å². The molecule has 2 amide bonds. The van der Waals surface area contributed by atoms with Crippen LogP contribution in [0.25, 0.3) is 0 Å². The minimum atomic E-state index is -1.13. The third-order valence-electron chi connectivity index (χ3n) is 3.89. The first-order chi connectivity index (χ1) is 14.1. The standard InChI is InChI=1S/C23H38N2O5/c1-8-12-13-18(11-4)17-29-21(27)19(24-22(28)30-23(5,6)7)16-20(26)25(14-9-2)15-10-3/h8,11-13,19H,1,9-10,14-17H2,2-7H3,(H,24,28)/b13-12-,18-11+/t19-/m1/s1. The third kappa shape index (κ3) is 12.1. The molecule has 0 saturated heterocycles. The van der Waals surface area contributed by atoms with Gasteiger partial charge in [-0.15, -0.1) is 0 Å². The van der Waals surface area contributed by atoms with E-state index in [1.54, 1.807) is 50.0 Å². The zero-order valence-electron chi connectivity index (χ0n) is 19.3. The Balaban J connectivity index is 5.32. The van der Waals surface area contributed by atoms with E-state index in [2.05, 4.69) is 11.9 Å². The summed E-state index contributed by atoms with van der Waals surface area (Å²) in [5, 5.41) is 2.49. The van der Waals surface area contributed by atoms with Gasteiger partial charge in [0.05, 0.1) is 6.42 Å². The molecular weight excluding hydrogens is 384 g/mol. The van der Waals surface area contributed by atoms with E-state index < -0.39 is 23.7 Å². The molecule has 0 rings (SSSR count). The Kier molecular flexibility index (Phi) is 13.2. The number of hydrogen-bond acceptors (Lipinski definition) is 5. The lowest BCUT2D eigenvalue weighted by molar-refractivity contribution is -0.148. The average molecular weight is 423 g/mol. The Morgan fingerprint density at radius 3 is 2.20 bits per heavy atom. The molecule has 170 valence electrons. The van der Waals surface area contributed by atoms with E-state index in [4.69, 9.17) is 9.47 Å². The van der Waals surface area contributed by atoms with E-state index in [1.807, 2.05) is 20.8 Å². The van der Waals surface area contributed by atoms with Gasteiger partial charge in [-0.25, -0.2) is 9.59 Å². The van der Waals surface area contributed by atoms with Gasteiger partial charge >= 0.3 is 12.1 Å². The van der Waals surface area contributed by atoms with Crippen LogP contribution in [0.5, 0.6) is 0 Å². The van der Waals surface area contributed by atoms with E-state index in [0.717, 1.165) is 18.4 Å². The Hall–Kier alpha value is -2.57. The molecule has 0 aliphatic rings. The largest absolute Gasteiger partial charge is 0.459 e. The van der Waals surface area contributed by atoms with Crippen molar-refractivity contribution >= 4 is 18.0 Å². The van der Waals surface area contributed by atoms with Crippen molar-refractivity contribution in [2.24, 2.45) is 0 Å². The predicted molar refractivity (Wildman–Crippen MR) is 119 cm³/mol. The number of allylic oxidation sites excluding steroid dienone is 3. The van der Waals surface area contributed by atoms with Gasteiger partial charge in [-0.05, 0) is 46.1 Å². The maximum atomic E-state index is 12.7. The van der Waals surface area contributed by atoms with Gasteiger partial charge in [-0.1, -0.05) is 44.7 Å². The second-order valence-corrected chi connectivity index (χ2v) is 7.85. The van der Waals surface area contributed by atoms with Crippen LogP contribution in [-0.4, -0.2) is 54.2 Å². The quantitative estimate of drug-likeness (QED) is 0.377. The number of alkyl carbamates (subject to hydrolysis) is 1. The lowest BCUT2D eigenvalue weighted by Crippen LogP contribution is -2.47. The number of nitrogens with zero attached hydrogens (tertiary/aromatic N) is 1. The SMILES string of the molecule is C=C/C=C\C(=C/C)COC(=O)[C@@H](CC(=O)N(CCC)CCC)NC(=O)OC(C)(C)C. The van der Waals surface area contributed by atoms with Crippen LogP contribution in [0, 0.1) is 0 Å². The van der Waals surface area contributed by atoms with Crippen molar-refractivity contribution in [2.75, 3.05) is 19.7 Å². The monoisotopic (exact) mass is 422 g/mol. The fourth-order valence-corrected chi connectivity index (χ4v) is 2.52. The van der Waals surface area contributed by atoms with Crippen LogP contribution in [0.3, 0.4) is 0 Å². The lowest BCUT2D eigenvalue weighted by atomic mass is 10.1. The van der Waals surface area contributed by atoms with Gasteiger partial charge < -0.3 is 19.7 Å². The predicted octanol–water partition coefficient (Wildman–Crippen LogP) is 4.15. The summed E-state index contributed by atoms with van der Waals surface area (Å²) in [7, 11) is 0. The summed E-state index contributed by atoms with van der Waals surface area (Å²) in [4.78, 5) is 39.3. The zero-order chi connectivity index (χ0) is 23.2. The van der Waals surface area contributed by atoms with Gasteiger partial charge in [0.15, 0.2) is 0 Å². The number of esters is 1. The lowest BCUT2D eigenvalue weighted by Gasteiger charge is -2.26. The highest BCUT2D eigenvalue weighted by molar-refractivity contribution is 5.88. The molecule has 7 nitrogen and oxygen atoms in total. The molecule has 0 saturated carbocycles. The summed E-state index contributed by atoms with van der Waals surface area (Å²) < 4.78 is 10.6. The average Bonchev–Trinajstić information content (AvgIpc) is 2.65. The maximum Gasteiger partial charge on any atom is 0.408 e. The van der Waals surface area contributed by atoms with E-state index in [-0.39, 0.29) is 18.9 Å². The Morgan fingerprint density at radius 1 is 1.13 bits per heavy atom. The van der Waals surface area contributed by atoms with Crippen LogP contribution in [0.15, 0.2) is 36.5 Å². The summed E-state index contributed by atoms with van der Waals surface area (Å²) in [6, 6.07) is -1.13. The smallest absolute Gasteiger partial charge is 0.408 e. The van der Waals surface area contributed by atoms with Crippen LogP contribution in [0.2, 0.25) is 0 Å². The highest BCUT2D eigenvalue weighted by atomic mass is 16.6. The summed E-state index contributed by atoms with van der Waals surface area (Å²) in [5.41, 5.74) is 0.0382. The molecule has 0 spiro atoms. The van der Waals surface area contributed by atoms with Crippen molar-refractivity contribution in [2.45, 2.75) is 72.4 Å². The highest BCUT2D eigenvalue weighted by Gasteiger charge is 2.29. The summed E-state index contributed by atoms with van der Waals surface area (Å²) in [6.07, 6.45) is 7.58. The zero-order valence-corrected chi connectivity index (χ0v) is 19.3. The minimum absolute atomic E-state index is 0.0218. The van der Waals surface area contributed by atoms with Gasteiger partial charge in [0.25, 0.3) is 0 Å². The third-order valence-corrected chi connectivity index (χ3v) is 3.89. The second-order valence-electron chi connectivity index (χ2n) is 7.85. The summed E-state index contributed by atoms with van der Waals surface area (Å²) in [6.45, 7) is 15.8. The van der Waals surface area contributed by atoms with Crippen LogP contribution in [0.1, 0.15) is 60.8 Å². The highest BCUT2D eigenvalue weighted by Crippen LogP contribution is 2.10. The molecule has 0 aliphatic carbocycles. The number of hydrogen-bond donors (Lipinski definition) is 1. The van der Waals surface area contributed by atoms with Gasteiger partial charge in [0, 0.05) is 13.1 Å². The van der Waals surface area contributed by atoms with Gasteiger partial charge in [-0.3, -0.25) is 4.79 Å². The molecule has 0 aromatic heterocycles. The van der Waals surface area contributed by atoms with E-state index in [0.29, 0.717) is 13.1 Å². The molecule has 1 N–H and O–H groups in total. The minimum Gasteiger partial charge on any atom is -0.459 e. The van der Waals surface area contributed by atoms with Crippen molar-refractivity contribution in [3.63, 3.8) is 0 Å². The van der Waals surface area contributed by atoms with Crippen molar-refractivity contribution < 1.29 is 23.9 Å². The molecule has 0 heterocycles. The number of nitrogens with one attached hydrogen (secondary N) is 1.